The summed E-state index contributed by atoms with van der Waals surface area (Å²) in [6.45, 7) is 2.45. The zero-order valence-corrected chi connectivity index (χ0v) is 13.6. The van der Waals surface area contributed by atoms with E-state index in [2.05, 4.69) is 10.0 Å². The molecule has 0 aromatic rings. The van der Waals surface area contributed by atoms with Gasteiger partial charge in [0.2, 0.25) is 15.9 Å². The maximum atomic E-state index is 11.9. The summed E-state index contributed by atoms with van der Waals surface area (Å²) >= 11 is 0. The molecule has 20 heavy (non-hydrogen) atoms. The van der Waals surface area contributed by atoms with Gasteiger partial charge < -0.3 is 11.1 Å². The Morgan fingerprint density at radius 1 is 1.30 bits per heavy atom. The minimum absolute atomic E-state index is 0. The van der Waals surface area contributed by atoms with E-state index in [0.29, 0.717) is 19.5 Å². The molecule has 1 fully saturated rings. The van der Waals surface area contributed by atoms with Gasteiger partial charge in [-0.15, -0.1) is 12.4 Å². The highest BCUT2D eigenvalue weighted by Gasteiger charge is 2.24. The van der Waals surface area contributed by atoms with Crippen LogP contribution in [0.2, 0.25) is 0 Å². The van der Waals surface area contributed by atoms with Gasteiger partial charge in [0.05, 0.1) is 5.75 Å². The highest BCUT2D eigenvalue weighted by Crippen LogP contribution is 2.22. The van der Waals surface area contributed by atoms with Crippen LogP contribution in [-0.4, -0.2) is 39.2 Å². The van der Waals surface area contributed by atoms with E-state index < -0.39 is 10.0 Å². The van der Waals surface area contributed by atoms with Crippen molar-refractivity contribution in [1.82, 2.24) is 10.0 Å². The predicted octanol–water partition coefficient (Wildman–Crippen LogP) is 0.371. The fourth-order valence-electron chi connectivity index (χ4n) is 2.24. The normalized spacial score (nSPS) is 22.9. The molecule has 2 atom stereocenters. The number of nitrogens with two attached hydrogens (primary N) is 1. The standard InChI is InChI=1S/C12H25N3O3S.ClH/c1-2-19(17,18)15-8-4-7-14-12(16)10-5-3-6-11(13)9-10;/h10-11,15H,2-9,13H2,1H3,(H,14,16);1H. The van der Waals surface area contributed by atoms with Crippen molar-refractivity contribution < 1.29 is 13.2 Å². The SMILES string of the molecule is CCS(=O)(=O)NCCCNC(=O)C1CCCC(N)C1.Cl. The Morgan fingerprint density at radius 3 is 2.60 bits per heavy atom. The second-order valence-electron chi connectivity index (χ2n) is 5.07. The molecular formula is C12H26ClN3O3S. The molecule has 1 saturated carbocycles. The molecule has 0 heterocycles. The van der Waals surface area contributed by atoms with Gasteiger partial charge in [-0.1, -0.05) is 6.42 Å². The number of sulfonamides is 1. The number of amides is 1. The van der Waals surface area contributed by atoms with Gasteiger partial charge in [0.15, 0.2) is 0 Å². The third kappa shape index (κ3) is 7.42. The van der Waals surface area contributed by atoms with Crippen LogP contribution in [0.5, 0.6) is 0 Å². The minimum Gasteiger partial charge on any atom is -0.356 e. The second kappa shape index (κ2) is 9.55. The Bertz CT molecular complexity index is 389. The summed E-state index contributed by atoms with van der Waals surface area (Å²) in [5.41, 5.74) is 5.85. The third-order valence-corrected chi connectivity index (χ3v) is 4.84. The molecule has 120 valence electrons. The smallest absolute Gasteiger partial charge is 0.223 e. The number of nitrogens with one attached hydrogen (secondary N) is 2. The van der Waals surface area contributed by atoms with Crippen molar-refractivity contribution in [3.05, 3.63) is 0 Å². The van der Waals surface area contributed by atoms with Crippen molar-refractivity contribution in [3.8, 4) is 0 Å². The zero-order valence-electron chi connectivity index (χ0n) is 11.9. The number of carbonyl (C=O) groups is 1. The summed E-state index contributed by atoms with van der Waals surface area (Å²) in [5, 5.41) is 2.85. The van der Waals surface area contributed by atoms with E-state index in [1.54, 1.807) is 6.92 Å². The Morgan fingerprint density at radius 2 is 2.00 bits per heavy atom. The molecule has 0 radical (unpaired) electrons. The molecular weight excluding hydrogens is 302 g/mol. The molecule has 6 nitrogen and oxygen atoms in total. The van der Waals surface area contributed by atoms with Crippen molar-refractivity contribution >= 4 is 28.3 Å². The van der Waals surface area contributed by atoms with Crippen molar-refractivity contribution in [2.24, 2.45) is 11.7 Å². The van der Waals surface area contributed by atoms with Crippen LogP contribution in [0.1, 0.15) is 39.0 Å². The summed E-state index contributed by atoms with van der Waals surface area (Å²) < 4.78 is 24.8. The maximum absolute atomic E-state index is 11.9. The fourth-order valence-corrected chi connectivity index (χ4v) is 2.90. The lowest BCUT2D eigenvalue weighted by Gasteiger charge is -2.25. The molecule has 0 aliphatic heterocycles. The van der Waals surface area contributed by atoms with Gasteiger partial charge in [-0.2, -0.15) is 0 Å². The molecule has 0 spiro atoms. The maximum Gasteiger partial charge on any atom is 0.223 e. The van der Waals surface area contributed by atoms with E-state index in [4.69, 9.17) is 5.73 Å². The average Bonchev–Trinajstić information content (AvgIpc) is 2.38. The average molecular weight is 328 g/mol. The van der Waals surface area contributed by atoms with Crippen LogP contribution in [-0.2, 0) is 14.8 Å². The number of halogens is 1. The summed E-state index contributed by atoms with van der Waals surface area (Å²) in [5.74, 6) is 0.156. The van der Waals surface area contributed by atoms with Crippen LogP contribution in [0.3, 0.4) is 0 Å². The topological polar surface area (TPSA) is 101 Å². The molecule has 1 amide bonds. The van der Waals surface area contributed by atoms with Crippen LogP contribution in [0.4, 0.5) is 0 Å². The molecule has 0 bridgehead atoms. The molecule has 8 heteroatoms. The summed E-state index contributed by atoms with van der Waals surface area (Å²) in [6, 6.07) is 0.140. The van der Waals surface area contributed by atoms with E-state index in [9.17, 15) is 13.2 Å². The monoisotopic (exact) mass is 327 g/mol. The van der Waals surface area contributed by atoms with E-state index in [-0.39, 0.29) is 36.0 Å². The quantitative estimate of drug-likeness (QED) is 0.588. The number of hydrogen-bond donors (Lipinski definition) is 3. The summed E-state index contributed by atoms with van der Waals surface area (Å²) in [7, 11) is -3.13. The first-order chi connectivity index (χ1) is 8.94. The van der Waals surface area contributed by atoms with Gasteiger partial charge in [-0.3, -0.25) is 4.79 Å². The van der Waals surface area contributed by atoms with Gasteiger partial charge in [-0.05, 0) is 32.6 Å². The lowest BCUT2D eigenvalue weighted by atomic mass is 9.85. The van der Waals surface area contributed by atoms with Crippen LogP contribution >= 0.6 is 12.4 Å². The first-order valence-corrected chi connectivity index (χ1v) is 8.60. The number of carbonyl (C=O) groups excluding carboxylic acids is 1. The Labute approximate surface area is 127 Å². The molecule has 2 unspecified atom stereocenters. The molecule has 1 aliphatic rings. The van der Waals surface area contributed by atoms with Crippen LogP contribution < -0.4 is 15.8 Å². The highest BCUT2D eigenvalue weighted by molar-refractivity contribution is 7.89. The molecule has 1 aliphatic carbocycles. The zero-order chi connectivity index (χ0) is 14.3. The summed E-state index contributed by atoms with van der Waals surface area (Å²) in [6.07, 6.45) is 4.28. The van der Waals surface area contributed by atoms with Crippen molar-refractivity contribution in [1.29, 1.82) is 0 Å². The van der Waals surface area contributed by atoms with Gasteiger partial charge in [-0.25, -0.2) is 13.1 Å². The Balaban J connectivity index is 0.00000361. The predicted molar refractivity (Wildman–Crippen MR) is 82.3 cm³/mol. The third-order valence-electron chi connectivity index (χ3n) is 3.44. The Kier molecular flexibility index (Phi) is 9.37. The minimum atomic E-state index is -3.13. The van der Waals surface area contributed by atoms with Crippen molar-refractivity contribution in [2.75, 3.05) is 18.8 Å². The van der Waals surface area contributed by atoms with Crippen LogP contribution in [0.15, 0.2) is 0 Å². The van der Waals surface area contributed by atoms with E-state index >= 15 is 0 Å². The van der Waals surface area contributed by atoms with Crippen LogP contribution in [0, 0.1) is 5.92 Å². The van der Waals surface area contributed by atoms with Gasteiger partial charge in [0, 0.05) is 25.0 Å². The fraction of sp³-hybridized carbons (Fsp3) is 0.917. The van der Waals surface area contributed by atoms with Gasteiger partial charge >= 0.3 is 0 Å². The second-order valence-corrected chi connectivity index (χ2v) is 7.16. The number of hydrogen-bond acceptors (Lipinski definition) is 4. The van der Waals surface area contributed by atoms with Gasteiger partial charge in [0.1, 0.15) is 0 Å². The van der Waals surface area contributed by atoms with E-state index in [0.717, 1.165) is 25.7 Å². The highest BCUT2D eigenvalue weighted by atomic mass is 35.5. The van der Waals surface area contributed by atoms with E-state index in [1.165, 1.54) is 0 Å². The molecule has 0 saturated heterocycles. The van der Waals surface area contributed by atoms with Gasteiger partial charge in [0.25, 0.3) is 0 Å². The number of rotatable bonds is 7. The van der Waals surface area contributed by atoms with Crippen molar-refractivity contribution in [3.63, 3.8) is 0 Å². The largest absolute Gasteiger partial charge is 0.356 e. The molecule has 4 N–H and O–H groups in total. The summed E-state index contributed by atoms with van der Waals surface area (Å²) in [4.78, 5) is 11.9. The Hall–Kier alpha value is -0.370. The first kappa shape index (κ1) is 19.6. The molecule has 1 rings (SSSR count). The molecule has 0 aromatic heterocycles. The van der Waals surface area contributed by atoms with Crippen molar-refractivity contribution in [2.45, 2.75) is 45.1 Å². The lowest BCUT2D eigenvalue weighted by molar-refractivity contribution is -0.126. The lowest BCUT2D eigenvalue weighted by Crippen LogP contribution is -2.38. The first-order valence-electron chi connectivity index (χ1n) is 6.95. The molecule has 0 aromatic carbocycles. The van der Waals surface area contributed by atoms with E-state index in [1.807, 2.05) is 0 Å². The van der Waals surface area contributed by atoms with Crippen LogP contribution in [0.25, 0.3) is 0 Å².